The number of carbonyl (C=O) groups excluding carboxylic acids is 3. The number of likely N-dealkylation sites (tertiary alicyclic amines) is 1. The van der Waals surface area contributed by atoms with E-state index in [1.165, 1.54) is 7.11 Å². The zero-order valence-electron chi connectivity index (χ0n) is 22.2. The van der Waals surface area contributed by atoms with Crippen LogP contribution in [0.2, 0.25) is 0 Å². The SMILES string of the molecule is COC(=O)[C@]12C[C@H](CC(=O)NCc3cccs3)C(=O)N(Cc3ccccc3)C1=C[C@H](C(C)C)O[C@@H]2C1CC1. The van der Waals surface area contributed by atoms with Crippen LogP contribution in [0.5, 0.6) is 0 Å². The minimum Gasteiger partial charge on any atom is -0.468 e. The average molecular weight is 537 g/mol. The molecule has 1 aromatic heterocycles. The Labute approximate surface area is 228 Å². The van der Waals surface area contributed by atoms with Crippen molar-refractivity contribution in [2.75, 3.05) is 7.11 Å². The maximum Gasteiger partial charge on any atom is 0.320 e. The second-order valence-corrected chi connectivity index (χ2v) is 12.0. The van der Waals surface area contributed by atoms with Crippen LogP contribution in [-0.4, -0.2) is 42.0 Å². The molecule has 1 aromatic carbocycles. The Bertz CT molecular complexity index is 1190. The molecular formula is C30H36N2O5S. The van der Waals surface area contributed by atoms with Crippen molar-refractivity contribution in [3.63, 3.8) is 0 Å². The van der Waals surface area contributed by atoms with E-state index in [0.29, 0.717) is 18.8 Å². The number of nitrogens with one attached hydrogen (secondary N) is 1. The predicted octanol–water partition coefficient (Wildman–Crippen LogP) is 4.68. The van der Waals surface area contributed by atoms with E-state index in [4.69, 9.17) is 9.47 Å². The smallest absolute Gasteiger partial charge is 0.320 e. The minimum atomic E-state index is -1.14. The van der Waals surface area contributed by atoms with E-state index >= 15 is 0 Å². The Kier molecular flexibility index (Phi) is 7.73. The first kappa shape index (κ1) is 26.6. The summed E-state index contributed by atoms with van der Waals surface area (Å²) in [5.41, 5.74) is 0.497. The van der Waals surface area contributed by atoms with Gasteiger partial charge in [0, 0.05) is 22.9 Å². The Morgan fingerprint density at radius 3 is 2.58 bits per heavy atom. The van der Waals surface area contributed by atoms with Gasteiger partial charge in [0.2, 0.25) is 11.8 Å². The van der Waals surface area contributed by atoms with Gasteiger partial charge in [0.15, 0.2) is 0 Å². The average Bonchev–Trinajstić information content (AvgIpc) is 3.63. The number of ether oxygens (including phenoxy) is 2. The maximum atomic E-state index is 14.1. The van der Waals surface area contributed by atoms with Crippen LogP contribution in [0, 0.1) is 23.2 Å². The summed E-state index contributed by atoms with van der Waals surface area (Å²) in [6, 6.07) is 13.7. The van der Waals surface area contributed by atoms with Crippen molar-refractivity contribution in [3.8, 4) is 0 Å². The summed E-state index contributed by atoms with van der Waals surface area (Å²) in [6.07, 6.45) is 3.50. The topological polar surface area (TPSA) is 84.9 Å². The first-order chi connectivity index (χ1) is 18.3. The normalized spacial score (nSPS) is 27.1. The van der Waals surface area contributed by atoms with Crippen LogP contribution in [0.3, 0.4) is 0 Å². The lowest BCUT2D eigenvalue weighted by Crippen LogP contribution is -2.61. The lowest BCUT2D eigenvalue weighted by molar-refractivity contribution is -0.182. The number of thiophene rings is 1. The molecule has 202 valence electrons. The molecule has 0 bridgehead atoms. The van der Waals surface area contributed by atoms with Crippen molar-refractivity contribution < 1.29 is 23.9 Å². The lowest BCUT2D eigenvalue weighted by Gasteiger charge is -2.53. The molecule has 0 unspecified atom stereocenters. The second-order valence-electron chi connectivity index (χ2n) is 11.0. The predicted molar refractivity (Wildman–Crippen MR) is 145 cm³/mol. The van der Waals surface area contributed by atoms with Gasteiger partial charge in [0.05, 0.1) is 32.4 Å². The molecule has 8 heteroatoms. The van der Waals surface area contributed by atoms with Gasteiger partial charge >= 0.3 is 5.97 Å². The number of fused-ring (bicyclic) bond motifs is 1. The number of carbonyl (C=O) groups is 3. The van der Waals surface area contributed by atoms with Crippen LogP contribution in [0.1, 0.15) is 50.0 Å². The van der Waals surface area contributed by atoms with E-state index in [9.17, 15) is 14.4 Å². The number of methoxy groups -OCH3 is 1. The second kappa shape index (κ2) is 11.0. The monoisotopic (exact) mass is 536 g/mol. The zero-order valence-corrected chi connectivity index (χ0v) is 23.0. The largest absolute Gasteiger partial charge is 0.468 e. The maximum absolute atomic E-state index is 14.1. The molecule has 38 heavy (non-hydrogen) atoms. The summed E-state index contributed by atoms with van der Waals surface area (Å²) in [4.78, 5) is 43.7. The summed E-state index contributed by atoms with van der Waals surface area (Å²) in [5, 5.41) is 4.92. The molecule has 0 spiro atoms. The highest BCUT2D eigenvalue weighted by atomic mass is 32.1. The van der Waals surface area contributed by atoms with Gasteiger partial charge in [-0.15, -0.1) is 11.3 Å². The number of hydrogen-bond acceptors (Lipinski definition) is 6. The number of esters is 1. The van der Waals surface area contributed by atoms with E-state index in [1.54, 1.807) is 16.2 Å². The molecule has 1 N–H and O–H groups in total. The summed E-state index contributed by atoms with van der Waals surface area (Å²) in [7, 11) is 1.40. The number of hydrogen-bond donors (Lipinski definition) is 1. The van der Waals surface area contributed by atoms with Gasteiger partial charge in [-0.1, -0.05) is 50.2 Å². The van der Waals surface area contributed by atoms with E-state index in [1.807, 2.05) is 53.9 Å². The number of nitrogens with zero attached hydrogens (tertiary/aromatic N) is 1. The molecule has 4 atom stereocenters. The molecule has 2 aliphatic heterocycles. The van der Waals surface area contributed by atoms with Crippen LogP contribution in [-0.2, 0) is 36.9 Å². The highest BCUT2D eigenvalue weighted by Gasteiger charge is 2.63. The molecular weight excluding hydrogens is 500 g/mol. The van der Waals surface area contributed by atoms with Crippen LogP contribution in [0.4, 0.5) is 0 Å². The first-order valence-corrected chi connectivity index (χ1v) is 14.3. The fourth-order valence-electron chi connectivity index (χ4n) is 5.87. The standard InChI is InChI=1S/C30H36N2O5S/c1-19(2)24-15-25-30(29(35)36-3,27(37-24)21-11-12-21)16-22(14-26(33)31-17-23-10-7-13-38-23)28(34)32(25)18-20-8-5-4-6-9-20/h4-10,13,15,19,21-22,24,27H,11-12,14,16-18H2,1-3H3,(H,31,33)/t22-,24+,27+,30+/m0/s1. The van der Waals surface area contributed by atoms with Gasteiger partial charge in [0.1, 0.15) is 5.41 Å². The third kappa shape index (κ3) is 5.16. The summed E-state index contributed by atoms with van der Waals surface area (Å²) >= 11 is 1.57. The van der Waals surface area contributed by atoms with Gasteiger partial charge in [0.25, 0.3) is 0 Å². The molecule has 1 aliphatic carbocycles. The van der Waals surface area contributed by atoms with Crippen molar-refractivity contribution in [1.29, 1.82) is 0 Å². The fourth-order valence-corrected chi connectivity index (χ4v) is 6.52. The molecule has 2 aromatic rings. The molecule has 3 heterocycles. The van der Waals surface area contributed by atoms with Gasteiger partial charge < -0.3 is 19.7 Å². The van der Waals surface area contributed by atoms with E-state index in [2.05, 4.69) is 19.2 Å². The van der Waals surface area contributed by atoms with E-state index in [0.717, 1.165) is 23.3 Å². The van der Waals surface area contributed by atoms with Crippen LogP contribution in [0.15, 0.2) is 59.6 Å². The molecule has 0 radical (unpaired) electrons. The Morgan fingerprint density at radius 2 is 1.95 bits per heavy atom. The van der Waals surface area contributed by atoms with Crippen molar-refractivity contribution >= 4 is 29.1 Å². The van der Waals surface area contributed by atoms with Crippen molar-refractivity contribution in [1.82, 2.24) is 10.2 Å². The molecule has 1 saturated heterocycles. The highest BCUT2D eigenvalue weighted by Crippen LogP contribution is 2.56. The van der Waals surface area contributed by atoms with Crippen molar-refractivity contribution in [2.24, 2.45) is 23.2 Å². The number of amides is 2. The number of piperidine rings is 1. The molecule has 7 nitrogen and oxygen atoms in total. The Hall–Kier alpha value is -2.97. The van der Waals surface area contributed by atoms with Crippen molar-refractivity contribution in [3.05, 3.63) is 70.1 Å². The van der Waals surface area contributed by atoms with Crippen LogP contribution >= 0.6 is 11.3 Å². The van der Waals surface area contributed by atoms with Crippen LogP contribution < -0.4 is 5.32 Å². The van der Waals surface area contributed by atoms with Crippen molar-refractivity contribution in [2.45, 2.75) is 64.8 Å². The van der Waals surface area contributed by atoms with Gasteiger partial charge in [-0.05, 0) is 54.2 Å². The number of rotatable bonds is 9. The van der Waals surface area contributed by atoms with Gasteiger partial charge in [-0.3, -0.25) is 14.4 Å². The first-order valence-electron chi connectivity index (χ1n) is 13.4. The van der Waals surface area contributed by atoms with E-state index in [-0.39, 0.29) is 42.6 Å². The summed E-state index contributed by atoms with van der Waals surface area (Å²) in [6.45, 7) is 4.91. The number of benzene rings is 1. The molecule has 5 rings (SSSR count). The summed E-state index contributed by atoms with van der Waals surface area (Å²) in [5.74, 6) is -1.00. The molecule has 2 fully saturated rings. The van der Waals surface area contributed by atoms with Gasteiger partial charge in [-0.25, -0.2) is 0 Å². The summed E-state index contributed by atoms with van der Waals surface area (Å²) < 4.78 is 12.1. The third-order valence-electron chi connectivity index (χ3n) is 7.96. The van der Waals surface area contributed by atoms with E-state index < -0.39 is 23.4 Å². The quantitative estimate of drug-likeness (QED) is 0.471. The molecule has 2 amide bonds. The lowest BCUT2D eigenvalue weighted by atomic mass is 9.64. The fraction of sp³-hybridized carbons (Fsp3) is 0.500. The van der Waals surface area contributed by atoms with Gasteiger partial charge in [-0.2, -0.15) is 0 Å². The zero-order chi connectivity index (χ0) is 26.9. The Morgan fingerprint density at radius 1 is 1.18 bits per heavy atom. The van der Waals surface area contributed by atoms with Crippen LogP contribution in [0.25, 0.3) is 0 Å². The highest BCUT2D eigenvalue weighted by molar-refractivity contribution is 7.09. The minimum absolute atomic E-state index is 0.00647. The molecule has 3 aliphatic rings. The molecule has 1 saturated carbocycles. The third-order valence-corrected chi connectivity index (χ3v) is 8.83. The Balaban J connectivity index is 1.53.